The number of hydrogen-bond donors (Lipinski definition) is 1. The molecule has 0 spiro atoms. The van der Waals surface area contributed by atoms with Gasteiger partial charge in [-0.15, -0.1) is 0 Å². The first-order chi connectivity index (χ1) is 12.7. The number of amides is 1. The van der Waals surface area contributed by atoms with Gasteiger partial charge in [-0.05, 0) is 47.0 Å². The Morgan fingerprint density at radius 2 is 1.81 bits per heavy atom. The van der Waals surface area contributed by atoms with Gasteiger partial charge in [0.05, 0.1) is 6.61 Å². The van der Waals surface area contributed by atoms with Crippen molar-refractivity contribution in [1.82, 2.24) is 0 Å². The van der Waals surface area contributed by atoms with Gasteiger partial charge in [0.2, 0.25) is 0 Å². The average molecular weight is 349 g/mol. The number of hydrogen-bond acceptors (Lipinski definition) is 3. The maximum Gasteiger partial charge on any atom is 0.265 e. The number of rotatable bonds is 7. The molecule has 0 saturated carbocycles. The van der Waals surface area contributed by atoms with Crippen LogP contribution in [0, 0.1) is 0 Å². The maximum absolute atomic E-state index is 12.6. The largest absolute Gasteiger partial charge is 0.481 e. The third-order valence-electron chi connectivity index (χ3n) is 4.17. The molecule has 0 unspecified atom stereocenters. The Kier molecular flexibility index (Phi) is 5.87. The van der Waals surface area contributed by atoms with E-state index < -0.39 is 6.10 Å². The monoisotopic (exact) mass is 349 g/mol. The molecule has 1 atom stereocenters. The summed E-state index contributed by atoms with van der Waals surface area (Å²) in [6.45, 7) is 2.45. The first-order valence-electron chi connectivity index (χ1n) is 8.74. The van der Waals surface area contributed by atoms with Gasteiger partial charge in [0.1, 0.15) is 5.75 Å². The highest BCUT2D eigenvalue weighted by Crippen LogP contribution is 2.22. The molecule has 4 nitrogen and oxygen atoms in total. The first-order valence-corrected chi connectivity index (χ1v) is 8.74. The standard InChI is InChI=1S/C22H23NO3/c1-3-21(22(24)23-19-10-6-7-16(13-19)15-25-2)26-20-12-11-17-8-4-5-9-18(17)14-20/h4-14,21H,3,15H2,1-2H3,(H,23,24)/t21-/m1/s1. The molecule has 0 bridgehead atoms. The summed E-state index contributed by atoms with van der Waals surface area (Å²) in [5.74, 6) is 0.536. The van der Waals surface area contributed by atoms with Crippen LogP contribution in [0.5, 0.6) is 5.75 Å². The average Bonchev–Trinajstić information content (AvgIpc) is 2.66. The van der Waals surface area contributed by atoms with Crippen LogP contribution in [0.1, 0.15) is 18.9 Å². The van der Waals surface area contributed by atoms with E-state index in [1.807, 2.05) is 67.6 Å². The van der Waals surface area contributed by atoms with E-state index in [9.17, 15) is 4.79 Å². The highest BCUT2D eigenvalue weighted by Gasteiger charge is 2.18. The lowest BCUT2D eigenvalue weighted by molar-refractivity contribution is -0.122. The third-order valence-corrected chi connectivity index (χ3v) is 4.17. The Balaban J connectivity index is 1.70. The van der Waals surface area contributed by atoms with Gasteiger partial charge in [0.15, 0.2) is 6.10 Å². The van der Waals surface area contributed by atoms with Crippen molar-refractivity contribution in [2.45, 2.75) is 26.1 Å². The van der Waals surface area contributed by atoms with Gasteiger partial charge in [-0.3, -0.25) is 4.79 Å². The van der Waals surface area contributed by atoms with Gasteiger partial charge in [0, 0.05) is 12.8 Å². The lowest BCUT2D eigenvalue weighted by atomic mass is 10.1. The van der Waals surface area contributed by atoms with E-state index in [2.05, 4.69) is 11.4 Å². The number of carbonyl (C=O) groups excluding carboxylic acids is 1. The normalized spacial score (nSPS) is 11.9. The molecule has 0 radical (unpaired) electrons. The zero-order chi connectivity index (χ0) is 18.4. The van der Waals surface area contributed by atoms with Gasteiger partial charge in [-0.25, -0.2) is 0 Å². The molecular weight excluding hydrogens is 326 g/mol. The highest BCUT2D eigenvalue weighted by atomic mass is 16.5. The molecule has 0 heterocycles. The van der Waals surface area contributed by atoms with Crippen molar-refractivity contribution in [1.29, 1.82) is 0 Å². The van der Waals surface area contributed by atoms with Crippen LogP contribution in [0.15, 0.2) is 66.7 Å². The Bertz CT molecular complexity index is 891. The van der Waals surface area contributed by atoms with E-state index in [1.54, 1.807) is 7.11 Å². The second kappa shape index (κ2) is 8.50. The van der Waals surface area contributed by atoms with Crippen molar-refractivity contribution in [3.05, 3.63) is 72.3 Å². The van der Waals surface area contributed by atoms with E-state index >= 15 is 0 Å². The molecule has 134 valence electrons. The molecule has 0 aromatic heterocycles. The van der Waals surface area contributed by atoms with Crippen LogP contribution in [0.4, 0.5) is 5.69 Å². The van der Waals surface area contributed by atoms with E-state index in [0.29, 0.717) is 18.8 Å². The van der Waals surface area contributed by atoms with Crippen molar-refractivity contribution >= 4 is 22.4 Å². The Hall–Kier alpha value is -2.85. The highest BCUT2D eigenvalue weighted by molar-refractivity contribution is 5.94. The SMILES string of the molecule is CC[C@@H](Oc1ccc2ccccc2c1)C(=O)Nc1cccc(COC)c1. The third kappa shape index (κ3) is 4.41. The fraction of sp³-hybridized carbons (Fsp3) is 0.227. The molecule has 0 aliphatic carbocycles. The molecule has 26 heavy (non-hydrogen) atoms. The van der Waals surface area contributed by atoms with Crippen LogP contribution < -0.4 is 10.1 Å². The molecule has 0 aliphatic rings. The zero-order valence-corrected chi connectivity index (χ0v) is 15.1. The number of benzene rings is 3. The number of nitrogens with one attached hydrogen (secondary N) is 1. The molecule has 4 heteroatoms. The van der Waals surface area contributed by atoms with E-state index in [1.165, 1.54) is 0 Å². The first kappa shape index (κ1) is 18.0. The summed E-state index contributed by atoms with van der Waals surface area (Å²) in [6.07, 6.45) is 0.0263. The van der Waals surface area contributed by atoms with Crippen molar-refractivity contribution < 1.29 is 14.3 Å². The molecule has 3 rings (SSSR count). The topological polar surface area (TPSA) is 47.6 Å². The molecule has 0 aliphatic heterocycles. The lowest BCUT2D eigenvalue weighted by Gasteiger charge is -2.18. The van der Waals surface area contributed by atoms with Gasteiger partial charge in [0.25, 0.3) is 5.91 Å². The summed E-state index contributed by atoms with van der Waals surface area (Å²) in [5.41, 5.74) is 1.75. The van der Waals surface area contributed by atoms with Gasteiger partial charge in [-0.2, -0.15) is 0 Å². The molecule has 0 saturated heterocycles. The number of anilines is 1. The number of fused-ring (bicyclic) bond motifs is 1. The predicted molar refractivity (Wildman–Crippen MR) is 104 cm³/mol. The molecule has 1 N–H and O–H groups in total. The smallest absolute Gasteiger partial charge is 0.265 e. The van der Waals surface area contributed by atoms with E-state index in [0.717, 1.165) is 22.0 Å². The van der Waals surface area contributed by atoms with Crippen molar-refractivity contribution in [2.75, 3.05) is 12.4 Å². The zero-order valence-electron chi connectivity index (χ0n) is 15.1. The molecule has 3 aromatic carbocycles. The van der Waals surface area contributed by atoms with Crippen LogP contribution in [0.3, 0.4) is 0 Å². The summed E-state index contributed by atoms with van der Waals surface area (Å²) in [6, 6.07) is 21.6. The minimum absolute atomic E-state index is 0.157. The summed E-state index contributed by atoms with van der Waals surface area (Å²) in [4.78, 5) is 12.6. The molecular formula is C22H23NO3. The summed E-state index contributed by atoms with van der Waals surface area (Å²) >= 11 is 0. The minimum atomic E-state index is -0.553. The fourth-order valence-corrected chi connectivity index (χ4v) is 2.86. The molecule has 0 fully saturated rings. The predicted octanol–water partition coefficient (Wildman–Crippen LogP) is 4.78. The van der Waals surface area contributed by atoms with Crippen molar-refractivity contribution in [2.24, 2.45) is 0 Å². The maximum atomic E-state index is 12.6. The summed E-state index contributed by atoms with van der Waals surface area (Å²) in [5, 5.41) is 5.17. The minimum Gasteiger partial charge on any atom is -0.481 e. The lowest BCUT2D eigenvalue weighted by Crippen LogP contribution is -2.32. The van der Waals surface area contributed by atoms with Crippen LogP contribution >= 0.6 is 0 Å². The Labute approximate surface area is 153 Å². The van der Waals surface area contributed by atoms with Gasteiger partial charge in [-0.1, -0.05) is 49.4 Å². The van der Waals surface area contributed by atoms with Gasteiger partial charge >= 0.3 is 0 Å². The second-order valence-electron chi connectivity index (χ2n) is 6.15. The van der Waals surface area contributed by atoms with Crippen molar-refractivity contribution in [3.8, 4) is 5.75 Å². The van der Waals surface area contributed by atoms with Crippen LogP contribution in [-0.4, -0.2) is 19.1 Å². The number of ether oxygens (including phenoxy) is 2. The molecule has 3 aromatic rings. The van der Waals surface area contributed by atoms with Crippen LogP contribution in [-0.2, 0) is 16.1 Å². The Morgan fingerprint density at radius 1 is 1.00 bits per heavy atom. The summed E-state index contributed by atoms with van der Waals surface area (Å²) in [7, 11) is 1.65. The summed E-state index contributed by atoms with van der Waals surface area (Å²) < 4.78 is 11.1. The van der Waals surface area contributed by atoms with Crippen LogP contribution in [0.25, 0.3) is 10.8 Å². The number of methoxy groups -OCH3 is 1. The van der Waals surface area contributed by atoms with Crippen LogP contribution in [0.2, 0.25) is 0 Å². The van der Waals surface area contributed by atoms with Gasteiger partial charge < -0.3 is 14.8 Å². The number of carbonyl (C=O) groups is 1. The quantitative estimate of drug-likeness (QED) is 0.667. The fourth-order valence-electron chi connectivity index (χ4n) is 2.86. The molecule has 1 amide bonds. The van der Waals surface area contributed by atoms with E-state index in [-0.39, 0.29) is 5.91 Å². The van der Waals surface area contributed by atoms with Crippen molar-refractivity contribution in [3.63, 3.8) is 0 Å². The Morgan fingerprint density at radius 3 is 2.58 bits per heavy atom. The van der Waals surface area contributed by atoms with E-state index in [4.69, 9.17) is 9.47 Å². The second-order valence-corrected chi connectivity index (χ2v) is 6.15.